The van der Waals surface area contributed by atoms with Crippen LogP contribution in [0.4, 0.5) is 51.2 Å². The van der Waals surface area contributed by atoms with Gasteiger partial charge >= 0.3 is 0 Å². The van der Waals surface area contributed by atoms with Crippen molar-refractivity contribution in [3.63, 3.8) is 0 Å². The molecule has 2 aliphatic rings. The van der Waals surface area contributed by atoms with Crippen molar-refractivity contribution in [3.8, 4) is 5.69 Å². The second-order valence-corrected chi connectivity index (χ2v) is 17.8. The summed E-state index contributed by atoms with van der Waals surface area (Å²) in [5.74, 6) is 2.45. The van der Waals surface area contributed by atoms with E-state index in [1.165, 1.54) is 47.5 Å². The molecule has 2 aliphatic carbocycles. The third-order valence-electron chi connectivity index (χ3n) is 14.0. The van der Waals surface area contributed by atoms with E-state index in [9.17, 15) is 0 Å². The molecule has 12 rings (SSSR count). The first-order valence-corrected chi connectivity index (χ1v) is 23.2. The van der Waals surface area contributed by atoms with Gasteiger partial charge in [-0.05, 0) is 158 Å². The van der Waals surface area contributed by atoms with E-state index < -0.39 is 0 Å². The maximum absolute atomic E-state index is 2.43. The number of nitrogens with zero attached hydrogens (tertiary/aromatic N) is 4. The smallest absolute Gasteiger partial charge is 0.0561 e. The van der Waals surface area contributed by atoms with Gasteiger partial charge in [-0.25, -0.2) is 0 Å². The molecule has 2 saturated carbocycles. The average molecular weight is 839 g/mol. The Hall–Kier alpha value is -7.82. The lowest BCUT2D eigenvalue weighted by Gasteiger charge is -2.31. The number of hydrogen-bond donors (Lipinski definition) is 0. The summed E-state index contributed by atoms with van der Waals surface area (Å²) in [6.07, 6.45) is 5.56. The standard InChI is InChI=1S/C61H50N4/c1-5-17-47(18-6-1)62(48-19-7-2-8-20-48)52-25-15-27-54(41-52)64(56-37-38-58-57-29-13-14-30-60(57)65(61(58)43-56)50-23-11-4-12-24-50)55-28-16-26-53(42-55)63(49-21-9-3-10-22-49)51-35-33-45(34-36-51)59-40-44-31-32-46(59)39-44/h1-30,33-38,41-44,46,59H,31-32,39-40H2. The Labute approximate surface area is 381 Å². The fourth-order valence-corrected chi connectivity index (χ4v) is 11.1. The molecule has 2 bridgehead atoms. The van der Waals surface area contributed by atoms with Crippen LogP contribution in [0.2, 0.25) is 0 Å². The highest BCUT2D eigenvalue weighted by atomic mass is 15.2. The van der Waals surface area contributed by atoms with Crippen molar-refractivity contribution in [2.24, 2.45) is 11.8 Å². The molecule has 1 heterocycles. The predicted molar refractivity (Wildman–Crippen MR) is 273 cm³/mol. The molecule has 65 heavy (non-hydrogen) atoms. The van der Waals surface area contributed by atoms with E-state index in [1.807, 2.05) is 0 Å². The second kappa shape index (κ2) is 16.7. The Morgan fingerprint density at radius 3 is 1.28 bits per heavy atom. The Bertz CT molecular complexity index is 3200. The van der Waals surface area contributed by atoms with Gasteiger partial charge in [0.05, 0.1) is 11.0 Å². The molecule has 10 aromatic rings. The van der Waals surface area contributed by atoms with Crippen LogP contribution in [0.3, 0.4) is 0 Å². The minimum Gasteiger partial charge on any atom is -0.310 e. The molecule has 314 valence electrons. The minimum absolute atomic E-state index is 0.693. The summed E-state index contributed by atoms with van der Waals surface area (Å²) in [6, 6.07) is 86.1. The van der Waals surface area contributed by atoms with Crippen LogP contribution in [0, 0.1) is 11.8 Å². The van der Waals surface area contributed by atoms with Crippen LogP contribution in [0.25, 0.3) is 27.5 Å². The van der Waals surface area contributed by atoms with Crippen molar-refractivity contribution in [1.29, 1.82) is 0 Å². The molecule has 0 saturated heterocycles. The van der Waals surface area contributed by atoms with Gasteiger partial charge in [0.15, 0.2) is 0 Å². The van der Waals surface area contributed by atoms with Gasteiger partial charge in [0.2, 0.25) is 0 Å². The fraction of sp³-hybridized carbons (Fsp3) is 0.115. The zero-order valence-corrected chi connectivity index (χ0v) is 36.4. The lowest BCUT2D eigenvalue weighted by Crippen LogP contribution is -2.14. The number of rotatable bonds is 11. The Balaban J connectivity index is 1.03. The third kappa shape index (κ3) is 7.22. The number of benzene rings is 9. The number of anilines is 9. The van der Waals surface area contributed by atoms with Gasteiger partial charge in [-0.2, -0.15) is 0 Å². The van der Waals surface area contributed by atoms with E-state index in [1.54, 1.807) is 0 Å². The number of aromatic nitrogens is 1. The Morgan fingerprint density at radius 2 is 0.754 bits per heavy atom. The summed E-state index contributed by atoms with van der Waals surface area (Å²) in [5.41, 5.74) is 14.8. The lowest BCUT2D eigenvalue weighted by atomic mass is 9.83. The van der Waals surface area contributed by atoms with Crippen LogP contribution in [-0.2, 0) is 0 Å². The lowest BCUT2D eigenvalue weighted by molar-refractivity contribution is 0.420. The second-order valence-electron chi connectivity index (χ2n) is 17.8. The van der Waals surface area contributed by atoms with E-state index in [2.05, 4.69) is 256 Å². The minimum atomic E-state index is 0.693. The molecule has 3 atom stereocenters. The maximum atomic E-state index is 2.43. The van der Waals surface area contributed by atoms with Gasteiger partial charge < -0.3 is 19.3 Å². The van der Waals surface area contributed by atoms with Crippen LogP contribution in [-0.4, -0.2) is 4.57 Å². The van der Waals surface area contributed by atoms with Crippen molar-refractivity contribution < 1.29 is 0 Å². The molecule has 0 N–H and O–H groups in total. The molecule has 3 unspecified atom stereocenters. The summed E-state index contributed by atoms with van der Waals surface area (Å²) in [5, 5.41) is 2.46. The Morgan fingerprint density at radius 1 is 0.323 bits per heavy atom. The highest BCUT2D eigenvalue weighted by Crippen LogP contribution is 2.53. The summed E-state index contributed by atoms with van der Waals surface area (Å²) in [6.45, 7) is 0. The highest BCUT2D eigenvalue weighted by Gasteiger charge is 2.40. The topological polar surface area (TPSA) is 14.7 Å². The molecule has 0 radical (unpaired) electrons. The zero-order chi connectivity index (χ0) is 43.1. The molecule has 4 nitrogen and oxygen atoms in total. The molecule has 0 amide bonds. The monoisotopic (exact) mass is 838 g/mol. The first-order valence-electron chi connectivity index (χ1n) is 23.2. The van der Waals surface area contributed by atoms with Crippen LogP contribution in [0.15, 0.2) is 237 Å². The maximum Gasteiger partial charge on any atom is 0.0561 e. The van der Waals surface area contributed by atoms with Crippen LogP contribution in [0.1, 0.15) is 37.2 Å². The van der Waals surface area contributed by atoms with Gasteiger partial charge in [0.1, 0.15) is 0 Å². The molecular formula is C61H50N4. The molecule has 0 aliphatic heterocycles. The zero-order valence-electron chi connectivity index (χ0n) is 36.4. The molecule has 1 aromatic heterocycles. The molecule has 4 heteroatoms. The summed E-state index contributed by atoms with van der Waals surface area (Å²) in [4.78, 5) is 7.17. The molecular weight excluding hydrogens is 789 g/mol. The van der Waals surface area contributed by atoms with E-state index in [0.29, 0.717) is 5.92 Å². The summed E-state index contributed by atoms with van der Waals surface area (Å²) >= 11 is 0. The van der Waals surface area contributed by atoms with E-state index in [4.69, 9.17) is 0 Å². The van der Waals surface area contributed by atoms with Crippen molar-refractivity contribution in [1.82, 2.24) is 4.57 Å². The quantitative estimate of drug-likeness (QED) is 0.129. The van der Waals surface area contributed by atoms with Crippen molar-refractivity contribution in [3.05, 3.63) is 242 Å². The van der Waals surface area contributed by atoms with E-state index >= 15 is 0 Å². The van der Waals surface area contributed by atoms with Gasteiger partial charge in [-0.3, -0.25) is 0 Å². The first-order chi connectivity index (χ1) is 32.2. The average Bonchev–Trinajstić information content (AvgIpc) is 4.10. The summed E-state index contributed by atoms with van der Waals surface area (Å²) in [7, 11) is 0. The van der Waals surface area contributed by atoms with Crippen LogP contribution >= 0.6 is 0 Å². The van der Waals surface area contributed by atoms with Gasteiger partial charge in [0.25, 0.3) is 0 Å². The van der Waals surface area contributed by atoms with Gasteiger partial charge in [-0.15, -0.1) is 0 Å². The number of para-hydroxylation sites is 5. The molecule has 9 aromatic carbocycles. The predicted octanol–water partition coefficient (Wildman–Crippen LogP) is 17.1. The van der Waals surface area contributed by atoms with Gasteiger partial charge in [-0.1, -0.05) is 128 Å². The van der Waals surface area contributed by atoms with Crippen molar-refractivity contribution in [2.75, 3.05) is 14.7 Å². The van der Waals surface area contributed by atoms with E-state index in [0.717, 1.165) is 74.2 Å². The number of fused-ring (bicyclic) bond motifs is 5. The third-order valence-corrected chi connectivity index (χ3v) is 14.0. The van der Waals surface area contributed by atoms with Crippen LogP contribution < -0.4 is 14.7 Å². The van der Waals surface area contributed by atoms with Gasteiger partial charge in [0, 0.05) is 67.6 Å². The highest BCUT2D eigenvalue weighted by molar-refractivity contribution is 6.10. The Kier molecular flexibility index (Phi) is 9.98. The number of hydrogen-bond acceptors (Lipinski definition) is 3. The fourth-order valence-electron chi connectivity index (χ4n) is 11.1. The van der Waals surface area contributed by atoms with E-state index in [-0.39, 0.29) is 0 Å². The van der Waals surface area contributed by atoms with Crippen molar-refractivity contribution >= 4 is 73.0 Å². The SMILES string of the molecule is c1ccc(N(c2ccccc2)c2cccc(N(c3cccc(N(c4ccccc4)c4ccc(C5CC6CCC5C6)cc4)c3)c3ccc4c5ccccc5n(-c5ccccc5)c4c3)c2)cc1. The van der Waals surface area contributed by atoms with Crippen LogP contribution in [0.5, 0.6) is 0 Å². The normalized spacial score (nSPS) is 16.5. The summed E-state index contributed by atoms with van der Waals surface area (Å²) < 4.78 is 2.41. The largest absolute Gasteiger partial charge is 0.310 e. The van der Waals surface area contributed by atoms with Crippen molar-refractivity contribution in [2.45, 2.75) is 31.6 Å². The first kappa shape index (κ1) is 38.8. The molecule has 2 fully saturated rings. The molecule has 0 spiro atoms.